The molecular weight excluding hydrogens is 300 g/mol. The van der Waals surface area contributed by atoms with E-state index >= 15 is 0 Å². The largest absolute Gasteiger partial charge is 0.326 e. The van der Waals surface area contributed by atoms with Crippen molar-refractivity contribution in [2.24, 2.45) is 0 Å². The van der Waals surface area contributed by atoms with Gasteiger partial charge in [0.05, 0.1) is 0 Å². The molecule has 0 radical (unpaired) electrons. The van der Waals surface area contributed by atoms with E-state index in [1.165, 1.54) is 24.3 Å². The Hall–Kier alpha value is -2.54. The van der Waals surface area contributed by atoms with Crippen LogP contribution in [0.15, 0.2) is 30.3 Å². The summed E-state index contributed by atoms with van der Waals surface area (Å²) in [5, 5.41) is 14.5. The molecule has 0 aliphatic heterocycles. The number of hydrogen-bond acceptors (Lipinski definition) is 5. The zero-order chi connectivity index (χ0) is 15.9. The summed E-state index contributed by atoms with van der Waals surface area (Å²) >= 11 is 1.36. The Morgan fingerprint density at radius 3 is 2.50 bits per heavy atom. The third kappa shape index (κ3) is 4.78. The molecule has 1 aromatic carbocycles. The van der Waals surface area contributed by atoms with E-state index in [-0.39, 0.29) is 11.8 Å². The minimum absolute atomic E-state index is 0.119. The van der Waals surface area contributed by atoms with Gasteiger partial charge in [-0.2, -0.15) is 0 Å². The normalized spacial score (nSPS) is 10.6. The fourth-order valence-corrected chi connectivity index (χ4v) is 2.33. The lowest BCUT2D eigenvalue weighted by atomic mass is 10.2. The van der Waals surface area contributed by atoms with Gasteiger partial charge in [0.15, 0.2) is 0 Å². The molecule has 0 saturated heterocycles. The Bertz CT molecular complexity index is 692. The van der Waals surface area contributed by atoms with Crippen molar-refractivity contribution in [3.05, 3.63) is 40.9 Å². The summed E-state index contributed by atoms with van der Waals surface area (Å²) < 4.78 is 0. The minimum Gasteiger partial charge on any atom is -0.326 e. The highest BCUT2D eigenvalue weighted by Crippen LogP contribution is 2.15. The van der Waals surface area contributed by atoms with Gasteiger partial charge in [-0.15, -0.1) is 10.2 Å². The van der Waals surface area contributed by atoms with E-state index in [0.717, 1.165) is 22.7 Å². The highest BCUT2D eigenvalue weighted by atomic mass is 32.1. The minimum atomic E-state index is -0.259. The number of nitrogens with one attached hydrogen (secondary N) is 2. The van der Waals surface area contributed by atoms with Gasteiger partial charge >= 0.3 is 0 Å². The zero-order valence-electron chi connectivity index (χ0n) is 12.3. The van der Waals surface area contributed by atoms with E-state index in [4.69, 9.17) is 0 Å². The van der Waals surface area contributed by atoms with E-state index < -0.39 is 0 Å². The molecule has 0 spiro atoms. The van der Waals surface area contributed by atoms with Crippen molar-refractivity contribution in [3.8, 4) is 0 Å². The molecule has 7 heteroatoms. The number of carbonyl (C=O) groups excluding carboxylic acids is 2. The molecule has 0 unspecified atom stereocenters. The van der Waals surface area contributed by atoms with E-state index in [0.29, 0.717) is 5.13 Å². The van der Waals surface area contributed by atoms with Crippen molar-refractivity contribution in [3.63, 3.8) is 0 Å². The number of hydrogen-bond donors (Lipinski definition) is 2. The standard InChI is InChI=1S/C15H16N4O2S/c1-3-14-18-19-15(22-14)17-13(21)9-6-11-4-7-12(8-5-11)16-10(2)20/h4-9H,3H2,1-2H3,(H,16,20)(H,17,19,21)/b9-6+. The van der Waals surface area contributed by atoms with Crippen molar-refractivity contribution in [1.29, 1.82) is 0 Å². The van der Waals surface area contributed by atoms with Crippen LogP contribution in [-0.2, 0) is 16.0 Å². The molecule has 1 heterocycles. The molecule has 0 aliphatic rings. The van der Waals surface area contributed by atoms with Crippen molar-refractivity contribution < 1.29 is 9.59 Å². The maximum atomic E-state index is 11.8. The number of aromatic nitrogens is 2. The molecule has 0 fully saturated rings. The summed E-state index contributed by atoms with van der Waals surface area (Å²) in [6.07, 6.45) is 3.92. The second kappa shape index (κ2) is 7.46. The number of benzene rings is 1. The molecule has 2 rings (SSSR count). The van der Waals surface area contributed by atoms with Crippen LogP contribution in [0.1, 0.15) is 24.4 Å². The van der Waals surface area contributed by atoms with Gasteiger partial charge in [0.2, 0.25) is 16.9 Å². The SMILES string of the molecule is CCc1nnc(NC(=O)/C=C/c2ccc(NC(C)=O)cc2)s1. The van der Waals surface area contributed by atoms with Crippen LogP contribution < -0.4 is 10.6 Å². The molecule has 114 valence electrons. The van der Waals surface area contributed by atoms with Crippen molar-refractivity contribution in [2.45, 2.75) is 20.3 Å². The van der Waals surface area contributed by atoms with Gasteiger partial charge in [-0.05, 0) is 30.2 Å². The maximum Gasteiger partial charge on any atom is 0.250 e. The van der Waals surface area contributed by atoms with Crippen LogP contribution in [-0.4, -0.2) is 22.0 Å². The van der Waals surface area contributed by atoms with Crippen molar-refractivity contribution in [1.82, 2.24) is 10.2 Å². The lowest BCUT2D eigenvalue weighted by Gasteiger charge is -2.01. The van der Waals surface area contributed by atoms with Crippen LogP contribution in [0.4, 0.5) is 10.8 Å². The maximum absolute atomic E-state index is 11.8. The average molecular weight is 316 g/mol. The van der Waals surface area contributed by atoms with Gasteiger partial charge in [-0.1, -0.05) is 30.4 Å². The number of anilines is 2. The number of carbonyl (C=O) groups is 2. The Labute approximate surface area is 132 Å². The van der Waals surface area contributed by atoms with Crippen LogP contribution in [0.5, 0.6) is 0 Å². The quantitative estimate of drug-likeness (QED) is 0.831. The summed E-state index contributed by atoms with van der Waals surface area (Å²) in [5.41, 5.74) is 1.57. The molecule has 0 aliphatic carbocycles. The number of nitrogens with zero attached hydrogens (tertiary/aromatic N) is 2. The molecule has 2 amide bonds. The number of aryl methyl sites for hydroxylation is 1. The van der Waals surface area contributed by atoms with Crippen LogP contribution in [0.3, 0.4) is 0 Å². The second-order valence-corrected chi connectivity index (χ2v) is 5.54. The first-order valence-corrected chi connectivity index (χ1v) is 7.57. The molecule has 0 atom stereocenters. The molecule has 1 aromatic heterocycles. The summed E-state index contributed by atoms with van der Waals surface area (Å²) in [4.78, 5) is 22.7. The zero-order valence-corrected chi connectivity index (χ0v) is 13.1. The van der Waals surface area contributed by atoms with Crippen LogP contribution in [0, 0.1) is 0 Å². The van der Waals surface area contributed by atoms with E-state index in [1.807, 2.05) is 19.1 Å². The first kappa shape index (κ1) is 15.8. The highest BCUT2D eigenvalue weighted by Gasteiger charge is 2.04. The molecule has 2 aromatic rings. The van der Waals surface area contributed by atoms with Gasteiger partial charge < -0.3 is 5.32 Å². The third-order valence-electron chi connectivity index (χ3n) is 2.66. The van der Waals surface area contributed by atoms with E-state index in [2.05, 4.69) is 20.8 Å². The predicted octanol–water partition coefficient (Wildman–Crippen LogP) is 2.71. The lowest BCUT2D eigenvalue weighted by Crippen LogP contribution is -2.07. The molecule has 6 nitrogen and oxygen atoms in total. The van der Waals surface area contributed by atoms with Crippen molar-refractivity contribution >= 4 is 40.0 Å². The highest BCUT2D eigenvalue weighted by molar-refractivity contribution is 7.15. The molecule has 2 N–H and O–H groups in total. The van der Waals surface area contributed by atoms with Crippen molar-refractivity contribution in [2.75, 3.05) is 10.6 Å². The first-order valence-electron chi connectivity index (χ1n) is 6.76. The smallest absolute Gasteiger partial charge is 0.250 e. The third-order valence-corrected chi connectivity index (χ3v) is 3.64. The van der Waals surface area contributed by atoms with Crippen LogP contribution in [0.2, 0.25) is 0 Å². The van der Waals surface area contributed by atoms with Gasteiger partial charge in [0.1, 0.15) is 5.01 Å². The summed E-state index contributed by atoms with van der Waals surface area (Å²) in [7, 11) is 0. The van der Waals surface area contributed by atoms with Gasteiger partial charge in [0.25, 0.3) is 0 Å². The van der Waals surface area contributed by atoms with E-state index in [9.17, 15) is 9.59 Å². The molecule has 0 saturated carbocycles. The van der Waals surface area contributed by atoms with E-state index in [1.54, 1.807) is 18.2 Å². The molecule has 0 bridgehead atoms. The van der Waals surface area contributed by atoms with Gasteiger partial charge in [-0.25, -0.2) is 0 Å². The monoisotopic (exact) mass is 316 g/mol. The van der Waals surface area contributed by atoms with Gasteiger partial charge in [-0.3, -0.25) is 14.9 Å². The Morgan fingerprint density at radius 2 is 1.91 bits per heavy atom. The fourth-order valence-electron chi connectivity index (χ4n) is 1.65. The fraction of sp³-hybridized carbons (Fsp3) is 0.200. The second-order valence-electron chi connectivity index (χ2n) is 4.48. The summed E-state index contributed by atoms with van der Waals surface area (Å²) in [5.74, 6) is -0.379. The predicted molar refractivity (Wildman–Crippen MR) is 87.7 cm³/mol. The number of rotatable bonds is 5. The van der Waals surface area contributed by atoms with Crippen LogP contribution in [0.25, 0.3) is 6.08 Å². The topological polar surface area (TPSA) is 84.0 Å². The molecule has 22 heavy (non-hydrogen) atoms. The molecular formula is C15H16N4O2S. The lowest BCUT2D eigenvalue weighted by molar-refractivity contribution is -0.114. The Kier molecular flexibility index (Phi) is 5.37. The first-order chi connectivity index (χ1) is 10.6. The van der Waals surface area contributed by atoms with Crippen LogP contribution >= 0.6 is 11.3 Å². The summed E-state index contributed by atoms with van der Waals surface area (Å²) in [6.45, 7) is 3.44. The average Bonchev–Trinajstić information content (AvgIpc) is 2.93. The summed E-state index contributed by atoms with van der Waals surface area (Å²) in [6, 6.07) is 7.18. The number of amides is 2. The Balaban J connectivity index is 1.92. The Morgan fingerprint density at radius 1 is 1.18 bits per heavy atom. The van der Waals surface area contributed by atoms with Gasteiger partial charge in [0, 0.05) is 18.7 Å².